The standard InChI is InChI=1S/C13H18N4S/c1-10-8-17(9-12-14-6-7-18-12)13(15-10)16-11-4-2-3-5-11/h6-8,11H,2-5,9H2,1H3,(H,15,16). The molecule has 1 aliphatic carbocycles. The Kier molecular flexibility index (Phi) is 3.32. The van der Waals surface area contributed by atoms with Gasteiger partial charge in [0, 0.05) is 23.8 Å². The van der Waals surface area contributed by atoms with E-state index < -0.39 is 0 Å². The molecule has 0 amide bonds. The maximum Gasteiger partial charge on any atom is 0.203 e. The van der Waals surface area contributed by atoms with Gasteiger partial charge < -0.3 is 9.88 Å². The van der Waals surface area contributed by atoms with Crippen LogP contribution in [0.2, 0.25) is 0 Å². The van der Waals surface area contributed by atoms with Crippen molar-refractivity contribution in [3.63, 3.8) is 0 Å². The summed E-state index contributed by atoms with van der Waals surface area (Å²) in [5.41, 5.74) is 1.06. The SMILES string of the molecule is Cc1cn(Cc2nccs2)c(NC2CCCC2)n1. The second-order valence-corrected chi connectivity index (χ2v) is 5.86. The average Bonchev–Trinajstić information content (AvgIpc) is 3.03. The van der Waals surface area contributed by atoms with Gasteiger partial charge in [-0.25, -0.2) is 9.97 Å². The number of anilines is 1. The number of hydrogen-bond donors (Lipinski definition) is 1. The zero-order valence-electron chi connectivity index (χ0n) is 10.6. The number of thiazole rings is 1. The van der Waals surface area contributed by atoms with Crippen LogP contribution in [0.4, 0.5) is 5.95 Å². The lowest BCUT2D eigenvalue weighted by atomic mass is 10.2. The van der Waals surface area contributed by atoms with Gasteiger partial charge in [0.25, 0.3) is 0 Å². The molecule has 0 saturated heterocycles. The molecule has 2 aromatic heterocycles. The molecule has 0 aliphatic heterocycles. The van der Waals surface area contributed by atoms with Crippen molar-refractivity contribution in [2.75, 3.05) is 5.32 Å². The van der Waals surface area contributed by atoms with Crippen LogP contribution in [0.25, 0.3) is 0 Å². The third-order valence-electron chi connectivity index (χ3n) is 3.37. The number of hydrogen-bond acceptors (Lipinski definition) is 4. The lowest BCUT2D eigenvalue weighted by molar-refractivity contribution is 0.715. The van der Waals surface area contributed by atoms with Gasteiger partial charge >= 0.3 is 0 Å². The molecule has 2 aromatic rings. The summed E-state index contributed by atoms with van der Waals surface area (Å²) in [6, 6.07) is 0.599. The van der Waals surface area contributed by atoms with Crippen molar-refractivity contribution in [3.05, 3.63) is 28.5 Å². The first kappa shape index (κ1) is 11.7. The molecule has 2 heterocycles. The van der Waals surface area contributed by atoms with Gasteiger partial charge in [-0.05, 0) is 19.8 Å². The van der Waals surface area contributed by atoms with Crippen molar-refractivity contribution in [2.24, 2.45) is 0 Å². The summed E-state index contributed by atoms with van der Waals surface area (Å²) in [7, 11) is 0. The van der Waals surface area contributed by atoms with E-state index in [9.17, 15) is 0 Å². The topological polar surface area (TPSA) is 42.7 Å². The van der Waals surface area contributed by atoms with Gasteiger partial charge in [0.2, 0.25) is 5.95 Å². The summed E-state index contributed by atoms with van der Waals surface area (Å²) in [6.07, 6.45) is 9.16. The number of imidazole rings is 1. The highest BCUT2D eigenvalue weighted by atomic mass is 32.1. The Morgan fingerprint density at radius 2 is 2.28 bits per heavy atom. The van der Waals surface area contributed by atoms with Crippen molar-refractivity contribution >= 4 is 17.3 Å². The molecule has 0 atom stereocenters. The van der Waals surface area contributed by atoms with Crippen LogP contribution < -0.4 is 5.32 Å². The Balaban J connectivity index is 1.76. The van der Waals surface area contributed by atoms with E-state index >= 15 is 0 Å². The van der Waals surface area contributed by atoms with Crippen LogP contribution in [-0.2, 0) is 6.54 Å². The monoisotopic (exact) mass is 262 g/mol. The van der Waals surface area contributed by atoms with Gasteiger partial charge in [0.15, 0.2) is 0 Å². The van der Waals surface area contributed by atoms with E-state index in [1.807, 2.05) is 18.5 Å². The quantitative estimate of drug-likeness (QED) is 0.921. The predicted molar refractivity (Wildman–Crippen MR) is 74.1 cm³/mol. The molecular weight excluding hydrogens is 244 g/mol. The molecule has 0 spiro atoms. The van der Waals surface area contributed by atoms with E-state index in [-0.39, 0.29) is 0 Å². The van der Waals surface area contributed by atoms with Crippen LogP contribution in [0.3, 0.4) is 0 Å². The minimum absolute atomic E-state index is 0.599. The lowest BCUT2D eigenvalue weighted by Crippen LogP contribution is -2.18. The Morgan fingerprint density at radius 3 is 3.00 bits per heavy atom. The zero-order valence-corrected chi connectivity index (χ0v) is 11.4. The van der Waals surface area contributed by atoms with Gasteiger partial charge in [0.05, 0.1) is 12.2 Å². The number of rotatable bonds is 4. The minimum Gasteiger partial charge on any atom is -0.353 e. The van der Waals surface area contributed by atoms with Gasteiger partial charge in [0.1, 0.15) is 5.01 Å². The number of aryl methyl sites for hydroxylation is 1. The second kappa shape index (κ2) is 5.10. The summed E-state index contributed by atoms with van der Waals surface area (Å²) in [5.74, 6) is 0.995. The highest BCUT2D eigenvalue weighted by Gasteiger charge is 2.17. The van der Waals surface area contributed by atoms with Crippen molar-refractivity contribution in [2.45, 2.75) is 45.2 Å². The molecule has 4 nitrogen and oxygen atoms in total. The van der Waals surface area contributed by atoms with Gasteiger partial charge in [-0.1, -0.05) is 12.8 Å². The van der Waals surface area contributed by atoms with Crippen LogP contribution in [0.1, 0.15) is 36.4 Å². The van der Waals surface area contributed by atoms with Crippen LogP contribution in [0, 0.1) is 6.92 Å². The highest BCUT2D eigenvalue weighted by molar-refractivity contribution is 7.09. The van der Waals surface area contributed by atoms with Gasteiger partial charge in [-0.3, -0.25) is 0 Å². The third-order valence-corrected chi connectivity index (χ3v) is 4.14. The normalized spacial score (nSPS) is 16.3. The molecule has 0 radical (unpaired) electrons. The molecule has 0 unspecified atom stereocenters. The molecule has 96 valence electrons. The number of nitrogens with one attached hydrogen (secondary N) is 1. The Morgan fingerprint density at radius 1 is 1.44 bits per heavy atom. The molecule has 1 aliphatic rings. The maximum absolute atomic E-state index is 4.58. The largest absolute Gasteiger partial charge is 0.353 e. The molecule has 0 bridgehead atoms. The maximum atomic E-state index is 4.58. The van der Waals surface area contributed by atoms with Crippen molar-refractivity contribution in [3.8, 4) is 0 Å². The first-order valence-corrected chi connectivity index (χ1v) is 7.38. The van der Waals surface area contributed by atoms with Crippen molar-refractivity contribution < 1.29 is 0 Å². The fourth-order valence-electron chi connectivity index (χ4n) is 2.51. The second-order valence-electron chi connectivity index (χ2n) is 4.89. The molecule has 5 heteroatoms. The first-order valence-electron chi connectivity index (χ1n) is 6.50. The zero-order chi connectivity index (χ0) is 12.4. The third kappa shape index (κ3) is 2.56. The van der Waals surface area contributed by atoms with Gasteiger partial charge in [-0.2, -0.15) is 0 Å². The summed E-state index contributed by atoms with van der Waals surface area (Å²) >= 11 is 1.69. The first-order chi connectivity index (χ1) is 8.81. The molecule has 3 rings (SSSR count). The number of aromatic nitrogens is 3. The lowest BCUT2D eigenvalue weighted by Gasteiger charge is -2.13. The van der Waals surface area contributed by atoms with E-state index in [0.717, 1.165) is 23.2 Å². The van der Waals surface area contributed by atoms with Crippen LogP contribution in [0.15, 0.2) is 17.8 Å². The smallest absolute Gasteiger partial charge is 0.203 e. The van der Waals surface area contributed by atoms with E-state index in [4.69, 9.17) is 0 Å². The molecule has 1 saturated carbocycles. The molecule has 18 heavy (non-hydrogen) atoms. The summed E-state index contributed by atoms with van der Waals surface area (Å²) in [5, 5.41) is 6.72. The fourth-order valence-corrected chi connectivity index (χ4v) is 3.13. The van der Waals surface area contributed by atoms with Crippen molar-refractivity contribution in [1.29, 1.82) is 0 Å². The molecule has 1 fully saturated rings. The fraction of sp³-hybridized carbons (Fsp3) is 0.538. The Labute approximate surface area is 111 Å². The highest BCUT2D eigenvalue weighted by Crippen LogP contribution is 2.22. The Hall–Kier alpha value is -1.36. The average molecular weight is 262 g/mol. The summed E-state index contributed by atoms with van der Waals surface area (Å²) in [6.45, 7) is 2.85. The molecule has 0 aromatic carbocycles. The number of nitrogens with zero attached hydrogens (tertiary/aromatic N) is 3. The molecular formula is C13H18N4S. The molecule has 1 N–H and O–H groups in total. The van der Waals surface area contributed by atoms with Gasteiger partial charge in [-0.15, -0.1) is 11.3 Å². The Bertz CT molecular complexity index is 497. The van der Waals surface area contributed by atoms with E-state index in [1.54, 1.807) is 11.3 Å². The van der Waals surface area contributed by atoms with Crippen LogP contribution >= 0.6 is 11.3 Å². The van der Waals surface area contributed by atoms with E-state index in [1.165, 1.54) is 25.7 Å². The minimum atomic E-state index is 0.599. The van der Waals surface area contributed by atoms with Crippen molar-refractivity contribution in [1.82, 2.24) is 14.5 Å². The van der Waals surface area contributed by atoms with Crippen LogP contribution in [-0.4, -0.2) is 20.6 Å². The predicted octanol–water partition coefficient (Wildman–Crippen LogP) is 3.05. The summed E-state index contributed by atoms with van der Waals surface area (Å²) < 4.78 is 2.17. The van der Waals surface area contributed by atoms with E-state index in [2.05, 4.69) is 26.0 Å². The van der Waals surface area contributed by atoms with E-state index in [0.29, 0.717) is 6.04 Å². The summed E-state index contributed by atoms with van der Waals surface area (Å²) in [4.78, 5) is 8.92. The van der Waals surface area contributed by atoms with Crippen LogP contribution in [0.5, 0.6) is 0 Å².